The standard InChI is InChI=1S/C14H18N2.CH3I/c1-3-10-5-4-6-12-14(10)11-8-15-9(2)7-13(11)16-12;1-2/h4-6,9,15-16H,3,7-8H2,1-2H3;1H3. The number of hydrogen-bond donors (Lipinski definition) is 2. The van der Waals surface area contributed by atoms with E-state index < -0.39 is 0 Å². The quantitative estimate of drug-likeness (QED) is 0.590. The smallest absolute Gasteiger partial charge is 0.0462 e. The number of aryl methyl sites for hydroxylation is 1. The van der Waals surface area contributed by atoms with Gasteiger partial charge in [0, 0.05) is 35.6 Å². The average molecular weight is 356 g/mol. The molecule has 18 heavy (non-hydrogen) atoms. The number of rotatable bonds is 1. The lowest BCUT2D eigenvalue weighted by Gasteiger charge is -2.20. The van der Waals surface area contributed by atoms with Gasteiger partial charge in [-0.15, -0.1) is 0 Å². The van der Waals surface area contributed by atoms with Crippen LogP contribution >= 0.6 is 22.6 Å². The van der Waals surface area contributed by atoms with Crippen LogP contribution in [-0.2, 0) is 19.4 Å². The number of aromatic nitrogens is 1. The molecule has 2 N–H and O–H groups in total. The molecule has 1 aromatic heterocycles. The second-order valence-corrected chi connectivity index (χ2v) is 4.76. The van der Waals surface area contributed by atoms with Gasteiger partial charge in [0.25, 0.3) is 0 Å². The van der Waals surface area contributed by atoms with Crippen LogP contribution in [0.4, 0.5) is 0 Å². The van der Waals surface area contributed by atoms with E-state index in [0.29, 0.717) is 6.04 Å². The van der Waals surface area contributed by atoms with Crippen LogP contribution < -0.4 is 5.32 Å². The lowest BCUT2D eigenvalue weighted by Crippen LogP contribution is -2.32. The van der Waals surface area contributed by atoms with Crippen molar-refractivity contribution in [1.82, 2.24) is 10.3 Å². The normalized spacial score (nSPS) is 18.1. The Morgan fingerprint density at radius 2 is 2.11 bits per heavy atom. The van der Waals surface area contributed by atoms with E-state index in [1.807, 2.05) is 4.93 Å². The predicted octanol–water partition coefficient (Wildman–Crippen LogP) is 3.82. The second kappa shape index (κ2) is 6.06. The maximum absolute atomic E-state index is 3.58. The number of halogens is 1. The van der Waals surface area contributed by atoms with Crippen LogP contribution in [0.25, 0.3) is 10.9 Å². The van der Waals surface area contributed by atoms with Crippen molar-refractivity contribution in [3.8, 4) is 0 Å². The summed E-state index contributed by atoms with van der Waals surface area (Å²) in [6.07, 6.45) is 2.23. The summed E-state index contributed by atoms with van der Waals surface area (Å²) in [7, 11) is 0. The van der Waals surface area contributed by atoms with Crippen molar-refractivity contribution in [3.63, 3.8) is 0 Å². The number of fused-ring (bicyclic) bond motifs is 3. The molecular formula is C15H21IN2. The zero-order valence-electron chi connectivity index (χ0n) is 11.3. The summed E-state index contributed by atoms with van der Waals surface area (Å²) in [6, 6.07) is 7.18. The Labute approximate surface area is 123 Å². The molecule has 1 aliphatic rings. The number of alkyl halides is 1. The van der Waals surface area contributed by atoms with Gasteiger partial charge in [-0.2, -0.15) is 0 Å². The van der Waals surface area contributed by atoms with Crippen molar-refractivity contribution in [3.05, 3.63) is 35.0 Å². The zero-order chi connectivity index (χ0) is 13.1. The maximum atomic E-state index is 3.58. The summed E-state index contributed by atoms with van der Waals surface area (Å²) in [5.41, 5.74) is 5.69. The van der Waals surface area contributed by atoms with E-state index in [0.717, 1.165) is 19.4 Å². The van der Waals surface area contributed by atoms with Crippen molar-refractivity contribution in [2.45, 2.75) is 39.3 Å². The monoisotopic (exact) mass is 356 g/mol. The van der Waals surface area contributed by atoms with Crippen molar-refractivity contribution in [2.24, 2.45) is 0 Å². The van der Waals surface area contributed by atoms with Crippen molar-refractivity contribution < 1.29 is 0 Å². The van der Waals surface area contributed by atoms with Crippen LogP contribution in [0.15, 0.2) is 18.2 Å². The first kappa shape index (κ1) is 13.9. The molecule has 1 atom stereocenters. The highest BCUT2D eigenvalue weighted by Crippen LogP contribution is 2.29. The summed E-state index contributed by atoms with van der Waals surface area (Å²) in [4.78, 5) is 5.55. The number of H-pyrrole nitrogens is 1. The molecule has 0 spiro atoms. The zero-order valence-corrected chi connectivity index (χ0v) is 13.5. The molecule has 0 fully saturated rings. The summed E-state index contributed by atoms with van der Waals surface area (Å²) < 4.78 is 0. The van der Waals surface area contributed by atoms with Gasteiger partial charge >= 0.3 is 0 Å². The van der Waals surface area contributed by atoms with Crippen molar-refractivity contribution in [1.29, 1.82) is 0 Å². The number of aromatic amines is 1. The van der Waals surface area contributed by atoms with Gasteiger partial charge in [0.15, 0.2) is 0 Å². The summed E-state index contributed by atoms with van der Waals surface area (Å²) >= 11 is 2.15. The molecule has 0 aliphatic carbocycles. The van der Waals surface area contributed by atoms with Gasteiger partial charge in [-0.3, -0.25) is 0 Å². The molecule has 0 bridgehead atoms. The first-order valence-electron chi connectivity index (χ1n) is 6.52. The van der Waals surface area contributed by atoms with E-state index in [1.165, 1.54) is 27.7 Å². The lowest BCUT2D eigenvalue weighted by molar-refractivity contribution is 0.511. The van der Waals surface area contributed by atoms with E-state index in [9.17, 15) is 0 Å². The minimum absolute atomic E-state index is 0.589. The average Bonchev–Trinajstić information content (AvgIpc) is 2.78. The third kappa shape index (κ3) is 2.43. The summed E-state index contributed by atoms with van der Waals surface area (Å²) in [5.74, 6) is 0. The Morgan fingerprint density at radius 1 is 1.33 bits per heavy atom. The molecule has 2 nitrogen and oxygen atoms in total. The Morgan fingerprint density at radius 3 is 2.83 bits per heavy atom. The predicted molar refractivity (Wildman–Crippen MR) is 87.6 cm³/mol. The van der Waals surface area contributed by atoms with Crippen LogP contribution in [0, 0.1) is 0 Å². The molecule has 1 unspecified atom stereocenters. The first-order chi connectivity index (χ1) is 8.79. The molecule has 3 heteroatoms. The maximum Gasteiger partial charge on any atom is 0.0462 e. The number of nitrogens with one attached hydrogen (secondary N) is 2. The molecule has 1 aromatic carbocycles. The van der Waals surface area contributed by atoms with Crippen molar-refractivity contribution >= 4 is 33.5 Å². The molecule has 2 aromatic rings. The lowest BCUT2D eigenvalue weighted by atomic mass is 9.98. The molecule has 98 valence electrons. The fourth-order valence-electron chi connectivity index (χ4n) is 2.77. The third-order valence-corrected chi connectivity index (χ3v) is 3.62. The van der Waals surface area contributed by atoms with Gasteiger partial charge in [-0.05, 0) is 35.5 Å². The van der Waals surface area contributed by atoms with Gasteiger partial charge in [-0.25, -0.2) is 0 Å². The van der Waals surface area contributed by atoms with Gasteiger partial charge in [0.05, 0.1) is 0 Å². The molecular weight excluding hydrogens is 335 g/mol. The molecule has 3 rings (SSSR count). The molecule has 0 saturated carbocycles. The van der Waals surface area contributed by atoms with Gasteiger partial charge < -0.3 is 10.3 Å². The molecule has 2 heterocycles. The van der Waals surface area contributed by atoms with E-state index in [2.05, 4.69) is 64.9 Å². The number of benzene rings is 1. The van der Waals surface area contributed by atoms with Crippen LogP contribution in [0.1, 0.15) is 30.7 Å². The Balaban J connectivity index is 0.000000574. The van der Waals surface area contributed by atoms with E-state index in [-0.39, 0.29) is 0 Å². The summed E-state index contributed by atoms with van der Waals surface area (Å²) in [6.45, 7) is 5.48. The molecule has 0 saturated heterocycles. The van der Waals surface area contributed by atoms with Crippen molar-refractivity contribution in [2.75, 3.05) is 4.93 Å². The van der Waals surface area contributed by atoms with Crippen LogP contribution in [-0.4, -0.2) is 16.0 Å². The van der Waals surface area contributed by atoms with Crippen LogP contribution in [0.3, 0.4) is 0 Å². The number of hydrogen-bond acceptors (Lipinski definition) is 1. The Hall–Kier alpha value is -0.550. The fraction of sp³-hybridized carbons (Fsp3) is 0.467. The molecule has 0 amide bonds. The first-order valence-corrected chi connectivity index (χ1v) is 8.68. The van der Waals surface area contributed by atoms with Gasteiger partial charge in [0.2, 0.25) is 0 Å². The SMILES string of the molecule is CCc1cccc2[nH]c3c(c12)CNC(C)C3.CI. The molecule has 1 aliphatic heterocycles. The topological polar surface area (TPSA) is 27.8 Å². The van der Waals surface area contributed by atoms with Crippen LogP contribution in [0.2, 0.25) is 0 Å². The highest BCUT2D eigenvalue weighted by Gasteiger charge is 2.19. The van der Waals surface area contributed by atoms with E-state index in [1.54, 1.807) is 0 Å². The second-order valence-electron chi connectivity index (χ2n) is 4.76. The van der Waals surface area contributed by atoms with Crippen LogP contribution in [0.5, 0.6) is 0 Å². The van der Waals surface area contributed by atoms with E-state index in [4.69, 9.17) is 0 Å². The Bertz CT molecular complexity index is 531. The van der Waals surface area contributed by atoms with Gasteiger partial charge in [-0.1, -0.05) is 41.6 Å². The molecule has 0 radical (unpaired) electrons. The third-order valence-electron chi connectivity index (χ3n) is 3.62. The van der Waals surface area contributed by atoms with Gasteiger partial charge in [0.1, 0.15) is 0 Å². The minimum Gasteiger partial charge on any atom is -0.358 e. The largest absolute Gasteiger partial charge is 0.358 e. The minimum atomic E-state index is 0.589. The highest BCUT2D eigenvalue weighted by atomic mass is 127. The van der Waals surface area contributed by atoms with E-state index >= 15 is 0 Å². The fourth-order valence-corrected chi connectivity index (χ4v) is 2.77. The summed E-state index contributed by atoms with van der Waals surface area (Å²) in [5, 5.41) is 5.01. The Kier molecular flexibility index (Phi) is 4.67. The highest BCUT2D eigenvalue weighted by molar-refractivity contribution is 14.1.